The molecule has 0 spiro atoms. The van der Waals surface area contributed by atoms with Crippen molar-refractivity contribution in [1.29, 1.82) is 0 Å². The second-order valence-corrected chi connectivity index (χ2v) is 5.92. The van der Waals surface area contributed by atoms with Crippen LogP contribution in [-0.2, 0) is 6.42 Å². The number of aromatic amines is 1. The van der Waals surface area contributed by atoms with Gasteiger partial charge in [-0.1, -0.05) is 17.8 Å². The summed E-state index contributed by atoms with van der Waals surface area (Å²) in [5, 5.41) is 0. The van der Waals surface area contributed by atoms with Crippen molar-refractivity contribution < 1.29 is 0 Å². The Morgan fingerprint density at radius 1 is 1.19 bits per heavy atom. The average molecular weight is 238 g/mol. The number of nitrogens with zero attached hydrogens (tertiary/aromatic N) is 1. The molecule has 1 aliphatic heterocycles. The molecule has 4 heteroatoms. The van der Waals surface area contributed by atoms with E-state index in [-0.39, 0.29) is 4.87 Å². The first-order chi connectivity index (χ1) is 7.84. The monoisotopic (exact) mass is 238 g/mol. The Bertz CT molecular complexity index is 417. The van der Waals surface area contributed by atoms with Gasteiger partial charge in [0.2, 0.25) is 0 Å². The molecule has 88 valence electrons. The zero-order chi connectivity index (χ0) is 11.0. The Morgan fingerprint density at radius 2 is 2.00 bits per heavy atom. The van der Waals surface area contributed by atoms with Gasteiger partial charge in [0.25, 0.3) is 0 Å². The molecule has 16 heavy (non-hydrogen) atoms. The van der Waals surface area contributed by atoms with Crippen LogP contribution in [0.25, 0.3) is 0 Å². The van der Waals surface area contributed by atoms with Crippen molar-refractivity contribution in [3.63, 3.8) is 0 Å². The molecule has 1 aromatic heterocycles. The van der Waals surface area contributed by atoms with Gasteiger partial charge in [0.15, 0.2) is 0 Å². The first-order valence-corrected chi connectivity index (χ1v) is 7.12. The smallest absolute Gasteiger partial charge is 0.304 e. The second kappa shape index (κ2) is 4.34. The molecule has 1 atom stereocenters. The maximum absolute atomic E-state index is 11.4. The minimum absolute atomic E-state index is 0.133. The van der Waals surface area contributed by atoms with Gasteiger partial charge in [0.05, 0.1) is 6.04 Å². The Balaban J connectivity index is 1.88. The number of H-pyrrole nitrogens is 1. The number of hydrogen-bond acceptors (Lipinski definition) is 3. The molecule has 1 unspecified atom stereocenters. The average Bonchev–Trinajstić information content (AvgIpc) is 2.70. The summed E-state index contributed by atoms with van der Waals surface area (Å²) in [6, 6.07) is 0.503. The predicted octanol–water partition coefficient (Wildman–Crippen LogP) is 2.30. The maximum Gasteiger partial charge on any atom is 0.304 e. The Kier molecular flexibility index (Phi) is 2.86. The van der Waals surface area contributed by atoms with E-state index < -0.39 is 0 Å². The fourth-order valence-electron chi connectivity index (χ4n) is 3.02. The van der Waals surface area contributed by atoms with Crippen LogP contribution < -0.4 is 4.87 Å². The van der Waals surface area contributed by atoms with Gasteiger partial charge in [-0.05, 0) is 45.2 Å². The number of fused-ring (bicyclic) bond motifs is 1. The molecule has 3 rings (SSSR count). The van der Waals surface area contributed by atoms with E-state index in [0.29, 0.717) is 6.04 Å². The summed E-state index contributed by atoms with van der Waals surface area (Å²) in [4.78, 5) is 18.5. The fraction of sp³-hybridized carbons (Fsp3) is 0.750. The Labute approximate surface area is 99.5 Å². The Hall–Kier alpha value is -0.610. The Morgan fingerprint density at radius 3 is 2.81 bits per heavy atom. The predicted molar refractivity (Wildman–Crippen MR) is 66.0 cm³/mol. The van der Waals surface area contributed by atoms with Crippen LogP contribution in [-0.4, -0.2) is 23.0 Å². The molecular weight excluding hydrogens is 220 g/mol. The fourth-order valence-corrected chi connectivity index (χ4v) is 3.95. The lowest BCUT2D eigenvalue weighted by atomic mass is 9.94. The molecule has 3 nitrogen and oxygen atoms in total. The van der Waals surface area contributed by atoms with E-state index in [2.05, 4.69) is 9.88 Å². The molecule has 0 saturated carbocycles. The topological polar surface area (TPSA) is 36.1 Å². The second-order valence-electron chi connectivity index (χ2n) is 4.86. The molecule has 1 aliphatic carbocycles. The third-order valence-corrected chi connectivity index (χ3v) is 4.76. The molecule has 2 aliphatic rings. The summed E-state index contributed by atoms with van der Waals surface area (Å²) < 4.78 is 0. The molecule has 2 heterocycles. The van der Waals surface area contributed by atoms with E-state index >= 15 is 0 Å². The van der Waals surface area contributed by atoms with E-state index in [9.17, 15) is 4.79 Å². The van der Waals surface area contributed by atoms with E-state index in [1.54, 1.807) is 0 Å². The minimum Gasteiger partial charge on any atom is -0.315 e. The minimum atomic E-state index is 0.133. The van der Waals surface area contributed by atoms with Crippen molar-refractivity contribution in [2.24, 2.45) is 0 Å². The van der Waals surface area contributed by atoms with Crippen LogP contribution in [0, 0.1) is 0 Å². The normalized spacial score (nSPS) is 26.6. The lowest BCUT2D eigenvalue weighted by Crippen LogP contribution is -2.35. The summed E-state index contributed by atoms with van der Waals surface area (Å²) >= 11 is 1.42. The molecule has 1 saturated heterocycles. The highest BCUT2D eigenvalue weighted by Gasteiger charge is 2.28. The number of aromatic nitrogens is 1. The van der Waals surface area contributed by atoms with Crippen molar-refractivity contribution in [3.05, 3.63) is 20.2 Å². The third kappa shape index (κ3) is 1.84. The summed E-state index contributed by atoms with van der Waals surface area (Å²) in [6.45, 7) is 2.42. The van der Waals surface area contributed by atoms with Gasteiger partial charge >= 0.3 is 4.87 Å². The van der Waals surface area contributed by atoms with Crippen LogP contribution in [0.3, 0.4) is 0 Å². The number of hydrogen-bond donors (Lipinski definition) is 1. The molecule has 1 aromatic rings. The van der Waals surface area contributed by atoms with E-state index in [0.717, 1.165) is 6.42 Å². The largest absolute Gasteiger partial charge is 0.315 e. The van der Waals surface area contributed by atoms with Gasteiger partial charge in [-0.3, -0.25) is 9.69 Å². The lowest BCUT2D eigenvalue weighted by molar-refractivity contribution is 0.146. The van der Waals surface area contributed by atoms with Crippen LogP contribution in [0.4, 0.5) is 0 Å². The van der Waals surface area contributed by atoms with Crippen molar-refractivity contribution in [2.75, 3.05) is 13.1 Å². The van der Waals surface area contributed by atoms with Crippen LogP contribution in [0.15, 0.2) is 4.79 Å². The summed E-state index contributed by atoms with van der Waals surface area (Å²) in [5.74, 6) is 0. The number of nitrogens with one attached hydrogen (secondary N) is 1. The van der Waals surface area contributed by atoms with Crippen molar-refractivity contribution >= 4 is 11.3 Å². The summed E-state index contributed by atoms with van der Waals surface area (Å²) in [5.41, 5.74) is 1.24. The van der Waals surface area contributed by atoms with Crippen molar-refractivity contribution in [1.82, 2.24) is 9.88 Å². The van der Waals surface area contributed by atoms with Gasteiger partial charge in [-0.2, -0.15) is 0 Å². The van der Waals surface area contributed by atoms with Crippen molar-refractivity contribution in [2.45, 2.75) is 44.6 Å². The molecule has 0 bridgehead atoms. The van der Waals surface area contributed by atoms with Crippen LogP contribution in [0.2, 0.25) is 0 Å². The molecule has 0 aromatic carbocycles. The standard InChI is InChI=1S/C12H18N2OS/c15-12-13-11-9(5-4-6-10(11)16-12)14-7-2-1-3-8-14/h9H,1-8H2,(H,13,15). The quantitative estimate of drug-likeness (QED) is 0.815. The molecule has 1 N–H and O–H groups in total. The maximum atomic E-state index is 11.4. The highest BCUT2D eigenvalue weighted by atomic mass is 32.1. The first kappa shape index (κ1) is 10.5. The van der Waals surface area contributed by atoms with Gasteiger partial charge in [-0.25, -0.2) is 0 Å². The van der Waals surface area contributed by atoms with E-state index in [1.165, 1.54) is 67.1 Å². The summed E-state index contributed by atoms with van der Waals surface area (Å²) in [6.07, 6.45) is 7.57. The van der Waals surface area contributed by atoms with Crippen LogP contribution in [0.5, 0.6) is 0 Å². The molecule has 0 radical (unpaired) electrons. The zero-order valence-electron chi connectivity index (χ0n) is 9.50. The van der Waals surface area contributed by atoms with Gasteiger partial charge in [0, 0.05) is 10.6 Å². The van der Waals surface area contributed by atoms with E-state index in [1.807, 2.05) is 0 Å². The number of rotatable bonds is 1. The van der Waals surface area contributed by atoms with Crippen LogP contribution in [0.1, 0.15) is 48.7 Å². The van der Waals surface area contributed by atoms with E-state index in [4.69, 9.17) is 0 Å². The molecular formula is C12H18N2OS. The first-order valence-electron chi connectivity index (χ1n) is 6.30. The highest BCUT2D eigenvalue weighted by molar-refractivity contribution is 7.09. The number of thiazole rings is 1. The number of aryl methyl sites for hydroxylation is 1. The highest BCUT2D eigenvalue weighted by Crippen LogP contribution is 2.35. The van der Waals surface area contributed by atoms with Gasteiger partial charge in [-0.15, -0.1) is 0 Å². The van der Waals surface area contributed by atoms with Gasteiger partial charge in [0.1, 0.15) is 0 Å². The number of likely N-dealkylation sites (tertiary alicyclic amines) is 1. The molecule has 1 fully saturated rings. The van der Waals surface area contributed by atoms with Crippen LogP contribution >= 0.6 is 11.3 Å². The zero-order valence-corrected chi connectivity index (χ0v) is 10.3. The summed E-state index contributed by atoms with van der Waals surface area (Å²) in [7, 11) is 0. The van der Waals surface area contributed by atoms with Gasteiger partial charge < -0.3 is 4.98 Å². The van der Waals surface area contributed by atoms with Crippen molar-refractivity contribution in [3.8, 4) is 0 Å². The molecule has 0 amide bonds. The SMILES string of the molecule is O=c1[nH]c2c(s1)CCCC2N1CCCCC1. The third-order valence-electron chi connectivity index (χ3n) is 3.80. The number of piperidine rings is 1. The lowest BCUT2D eigenvalue weighted by Gasteiger charge is -2.36.